The van der Waals surface area contributed by atoms with Crippen molar-refractivity contribution in [3.8, 4) is 0 Å². The molecule has 2 N–H and O–H groups in total. The fourth-order valence-corrected chi connectivity index (χ4v) is 2.17. The van der Waals surface area contributed by atoms with Gasteiger partial charge in [-0.3, -0.25) is 4.68 Å². The monoisotopic (exact) mass is 257 g/mol. The van der Waals surface area contributed by atoms with Gasteiger partial charge in [-0.05, 0) is 36.0 Å². The Morgan fingerprint density at radius 3 is 2.37 bits per heavy atom. The van der Waals surface area contributed by atoms with Gasteiger partial charge in [-0.25, -0.2) is 0 Å². The number of hydrogen-bond acceptors (Lipinski definition) is 2. The van der Waals surface area contributed by atoms with Gasteiger partial charge in [0.25, 0.3) is 0 Å². The van der Waals surface area contributed by atoms with E-state index in [1.54, 1.807) is 0 Å². The molecule has 2 rings (SSSR count). The first-order valence-electron chi connectivity index (χ1n) is 6.90. The van der Waals surface area contributed by atoms with E-state index in [0.717, 1.165) is 13.0 Å². The van der Waals surface area contributed by atoms with Gasteiger partial charge in [0.1, 0.15) is 0 Å². The molecule has 0 aliphatic carbocycles. The summed E-state index contributed by atoms with van der Waals surface area (Å²) in [6.07, 6.45) is 4.87. The minimum atomic E-state index is 0.183. The molecule has 19 heavy (non-hydrogen) atoms. The average Bonchev–Trinajstić information content (AvgIpc) is 2.76. The summed E-state index contributed by atoms with van der Waals surface area (Å²) in [5, 5.41) is 4.38. The minimum absolute atomic E-state index is 0.183. The van der Waals surface area contributed by atoms with Crippen molar-refractivity contribution in [1.29, 1.82) is 0 Å². The summed E-state index contributed by atoms with van der Waals surface area (Å²) >= 11 is 0. The van der Waals surface area contributed by atoms with Gasteiger partial charge < -0.3 is 5.73 Å². The van der Waals surface area contributed by atoms with Crippen LogP contribution in [0.15, 0.2) is 36.7 Å². The normalized spacial score (nSPS) is 12.9. The van der Waals surface area contributed by atoms with Gasteiger partial charge in [0.15, 0.2) is 0 Å². The zero-order valence-corrected chi connectivity index (χ0v) is 12.0. The number of rotatable bonds is 5. The highest BCUT2D eigenvalue weighted by Crippen LogP contribution is 2.15. The van der Waals surface area contributed by atoms with Crippen molar-refractivity contribution in [2.24, 2.45) is 5.73 Å². The summed E-state index contributed by atoms with van der Waals surface area (Å²) in [5.41, 5.74) is 9.65. The van der Waals surface area contributed by atoms with E-state index in [9.17, 15) is 0 Å². The van der Waals surface area contributed by atoms with Crippen molar-refractivity contribution < 1.29 is 0 Å². The lowest BCUT2D eigenvalue weighted by Gasteiger charge is -2.07. The highest BCUT2D eigenvalue weighted by atomic mass is 15.3. The number of hydrogen-bond donors (Lipinski definition) is 1. The van der Waals surface area contributed by atoms with E-state index in [1.165, 1.54) is 16.7 Å². The van der Waals surface area contributed by atoms with Crippen molar-refractivity contribution in [3.63, 3.8) is 0 Å². The van der Waals surface area contributed by atoms with E-state index in [2.05, 4.69) is 49.4 Å². The lowest BCUT2D eigenvalue weighted by atomic mass is 10.0. The van der Waals surface area contributed by atoms with Crippen molar-refractivity contribution in [2.75, 3.05) is 0 Å². The molecule has 0 saturated carbocycles. The van der Waals surface area contributed by atoms with Crippen LogP contribution in [0.2, 0.25) is 0 Å². The van der Waals surface area contributed by atoms with Crippen LogP contribution in [0, 0.1) is 0 Å². The highest BCUT2D eigenvalue weighted by Gasteiger charge is 2.03. The smallest absolute Gasteiger partial charge is 0.0659 e. The second kappa shape index (κ2) is 6.02. The highest BCUT2D eigenvalue weighted by molar-refractivity contribution is 5.25. The second-order valence-corrected chi connectivity index (χ2v) is 5.62. The molecule has 0 spiro atoms. The predicted octanol–water partition coefficient (Wildman–Crippen LogP) is 2.94. The molecule has 0 saturated heterocycles. The third kappa shape index (κ3) is 3.93. The largest absolute Gasteiger partial charge is 0.328 e. The third-order valence-electron chi connectivity index (χ3n) is 3.24. The third-order valence-corrected chi connectivity index (χ3v) is 3.24. The Hall–Kier alpha value is -1.61. The molecule has 1 aromatic heterocycles. The lowest BCUT2D eigenvalue weighted by molar-refractivity contribution is 0.683. The van der Waals surface area contributed by atoms with Gasteiger partial charge in [0, 0.05) is 12.2 Å². The predicted molar refractivity (Wildman–Crippen MR) is 79.2 cm³/mol. The minimum Gasteiger partial charge on any atom is -0.328 e. The molecule has 0 aliphatic heterocycles. The molecule has 3 nitrogen and oxygen atoms in total. The number of aromatic nitrogens is 2. The fraction of sp³-hybridized carbons (Fsp3) is 0.438. The van der Waals surface area contributed by atoms with Crippen molar-refractivity contribution >= 4 is 0 Å². The number of nitrogens with zero attached hydrogens (tertiary/aromatic N) is 2. The van der Waals surface area contributed by atoms with E-state index in [4.69, 9.17) is 5.73 Å². The fourth-order valence-electron chi connectivity index (χ4n) is 2.17. The summed E-state index contributed by atoms with van der Waals surface area (Å²) in [4.78, 5) is 0. The van der Waals surface area contributed by atoms with Crippen LogP contribution in [0.4, 0.5) is 0 Å². The van der Waals surface area contributed by atoms with Crippen molar-refractivity contribution in [2.45, 2.75) is 45.7 Å². The molecule has 0 fully saturated rings. The number of nitrogens with two attached hydrogens (primary N) is 1. The zero-order valence-electron chi connectivity index (χ0n) is 12.0. The Morgan fingerprint density at radius 2 is 1.79 bits per heavy atom. The van der Waals surface area contributed by atoms with E-state index in [1.807, 2.05) is 17.8 Å². The standard InChI is InChI=1S/C16H23N3/c1-12(2)16-6-4-14(5-7-16)10-19-11-15(9-18-19)8-13(3)17/h4-7,9,11-13H,8,10,17H2,1-3H3. The molecule has 3 heteroatoms. The molecule has 102 valence electrons. The molecule has 0 bridgehead atoms. The molecule has 1 unspecified atom stereocenters. The van der Waals surface area contributed by atoms with E-state index >= 15 is 0 Å². The molecule has 0 aliphatic rings. The average molecular weight is 257 g/mol. The van der Waals surface area contributed by atoms with Crippen molar-refractivity contribution in [1.82, 2.24) is 9.78 Å². The van der Waals surface area contributed by atoms with Gasteiger partial charge in [-0.1, -0.05) is 38.1 Å². The lowest BCUT2D eigenvalue weighted by Crippen LogP contribution is -2.17. The van der Waals surface area contributed by atoms with Crippen LogP contribution < -0.4 is 5.73 Å². The second-order valence-electron chi connectivity index (χ2n) is 5.62. The Labute approximate surface area is 115 Å². The summed E-state index contributed by atoms with van der Waals surface area (Å²) in [6, 6.07) is 8.95. The van der Waals surface area contributed by atoms with Gasteiger partial charge in [0.05, 0.1) is 12.7 Å². The van der Waals surface area contributed by atoms with E-state index in [0.29, 0.717) is 5.92 Å². The molecule has 0 radical (unpaired) electrons. The molecule has 2 aromatic rings. The molecular formula is C16H23N3. The molecule has 0 amide bonds. The van der Waals surface area contributed by atoms with Crippen LogP contribution in [0.1, 0.15) is 43.4 Å². The molecule has 1 aromatic carbocycles. The Balaban J connectivity index is 2.02. The Bertz CT molecular complexity index is 509. The zero-order chi connectivity index (χ0) is 13.8. The first kappa shape index (κ1) is 13.8. The van der Waals surface area contributed by atoms with Gasteiger partial charge in [-0.15, -0.1) is 0 Å². The molecule has 1 atom stereocenters. The SMILES string of the molecule is CC(N)Cc1cnn(Cc2ccc(C(C)C)cc2)c1. The maximum atomic E-state index is 5.79. The molecule has 1 heterocycles. The van der Waals surface area contributed by atoms with Gasteiger partial charge >= 0.3 is 0 Å². The first-order valence-corrected chi connectivity index (χ1v) is 6.90. The Morgan fingerprint density at radius 1 is 1.11 bits per heavy atom. The summed E-state index contributed by atoms with van der Waals surface area (Å²) in [5.74, 6) is 0.580. The summed E-state index contributed by atoms with van der Waals surface area (Å²) < 4.78 is 1.97. The maximum absolute atomic E-state index is 5.79. The van der Waals surface area contributed by atoms with E-state index in [-0.39, 0.29) is 6.04 Å². The first-order chi connectivity index (χ1) is 9.04. The van der Waals surface area contributed by atoms with Crippen LogP contribution in [0.3, 0.4) is 0 Å². The van der Waals surface area contributed by atoms with Crippen molar-refractivity contribution in [3.05, 3.63) is 53.3 Å². The summed E-state index contributed by atoms with van der Waals surface area (Å²) in [6.45, 7) is 7.25. The maximum Gasteiger partial charge on any atom is 0.0659 e. The number of benzene rings is 1. The van der Waals surface area contributed by atoms with Crippen LogP contribution >= 0.6 is 0 Å². The van der Waals surface area contributed by atoms with E-state index < -0.39 is 0 Å². The molecular weight excluding hydrogens is 234 g/mol. The van der Waals surface area contributed by atoms with Crippen LogP contribution in [-0.4, -0.2) is 15.8 Å². The topological polar surface area (TPSA) is 43.8 Å². The van der Waals surface area contributed by atoms with Gasteiger partial charge in [0.2, 0.25) is 0 Å². The van der Waals surface area contributed by atoms with Crippen LogP contribution in [0.25, 0.3) is 0 Å². The summed E-state index contributed by atoms with van der Waals surface area (Å²) in [7, 11) is 0. The van der Waals surface area contributed by atoms with Gasteiger partial charge in [-0.2, -0.15) is 5.10 Å². The van der Waals surface area contributed by atoms with Crippen LogP contribution in [-0.2, 0) is 13.0 Å². The van der Waals surface area contributed by atoms with Crippen LogP contribution in [0.5, 0.6) is 0 Å². The Kier molecular flexibility index (Phi) is 4.38. The quantitative estimate of drug-likeness (QED) is 0.895.